The van der Waals surface area contributed by atoms with E-state index in [0.29, 0.717) is 29.4 Å². The van der Waals surface area contributed by atoms with Gasteiger partial charge in [0.1, 0.15) is 11.5 Å². The van der Waals surface area contributed by atoms with Crippen LogP contribution in [0.25, 0.3) is 0 Å². The molecule has 0 aliphatic heterocycles. The molecule has 0 unspecified atom stereocenters. The summed E-state index contributed by atoms with van der Waals surface area (Å²) in [4.78, 5) is 23.6. The van der Waals surface area contributed by atoms with Crippen molar-refractivity contribution in [1.29, 1.82) is 0 Å². The third kappa shape index (κ3) is 5.35. The molecule has 25 heavy (non-hydrogen) atoms. The Labute approximate surface area is 145 Å². The van der Waals surface area contributed by atoms with Crippen LogP contribution in [-0.4, -0.2) is 31.7 Å². The summed E-state index contributed by atoms with van der Waals surface area (Å²) in [5.41, 5.74) is 3.35. The maximum absolute atomic E-state index is 11.8. The van der Waals surface area contributed by atoms with E-state index in [2.05, 4.69) is 15.8 Å². The summed E-state index contributed by atoms with van der Waals surface area (Å²) in [5, 5.41) is 6.26. The number of nitrogens with zero attached hydrogens (tertiary/aromatic N) is 1. The van der Waals surface area contributed by atoms with Gasteiger partial charge in [-0.3, -0.25) is 9.59 Å². The van der Waals surface area contributed by atoms with Crippen LogP contribution in [0.15, 0.2) is 53.6 Å². The number of hydrazone groups is 1. The first-order valence-electron chi connectivity index (χ1n) is 7.64. The number of nitrogens with one attached hydrogen (secondary N) is 2. The Morgan fingerprint density at radius 3 is 2.48 bits per heavy atom. The van der Waals surface area contributed by atoms with Crippen molar-refractivity contribution in [3.05, 3.63) is 54.1 Å². The second-order valence-corrected chi connectivity index (χ2v) is 4.85. The minimum Gasteiger partial charge on any atom is -0.497 e. The van der Waals surface area contributed by atoms with Crippen molar-refractivity contribution in [2.24, 2.45) is 5.10 Å². The predicted octanol–water partition coefficient (Wildman–Crippen LogP) is 2.18. The molecule has 0 heterocycles. The van der Waals surface area contributed by atoms with Gasteiger partial charge in [-0.1, -0.05) is 12.1 Å². The van der Waals surface area contributed by atoms with Crippen LogP contribution in [0.5, 0.6) is 11.5 Å². The second-order valence-electron chi connectivity index (χ2n) is 4.85. The Morgan fingerprint density at radius 1 is 1.08 bits per heavy atom. The Morgan fingerprint density at radius 2 is 1.80 bits per heavy atom. The molecule has 0 radical (unpaired) electrons. The molecule has 0 aliphatic rings. The molecule has 2 rings (SSSR count). The van der Waals surface area contributed by atoms with Crippen molar-refractivity contribution in [1.82, 2.24) is 5.43 Å². The molecule has 7 heteroatoms. The molecule has 2 aromatic carbocycles. The molecule has 0 saturated carbocycles. The number of ether oxygens (including phenoxy) is 2. The number of rotatable bonds is 6. The van der Waals surface area contributed by atoms with Crippen LogP contribution in [-0.2, 0) is 9.59 Å². The summed E-state index contributed by atoms with van der Waals surface area (Å²) in [6, 6.07) is 13.9. The van der Waals surface area contributed by atoms with Gasteiger partial charge in [-0.25, -0.2) is 5.43 Å². The Bertz CT molecular complexity index is 757. The standard InChI is InChI=1S/C18H19N3O4/c1-3-25-16-7-5-4-6-13(16)12-19-21-18(23)17(22)20-14-8-10-15(24-2)11-9-14/h4-12H,3H2,1-2H3,(H,20,22)(H,21,23)/b19-12-. The smallest absolute Gasteiger partial charge is 0.329 e. The third-order valence-electron chi connectivity index (χ3n) is 3.14. The normalized spacial score (nSPS) is 10.3. The van der Waals surface area contributed by atoms with Gasteiger partial charge in [0.15, 0.2) is 0 Å². The van der Waals surface area contributed by atoms with Crippen LogP contribution in [0.3, 0.4) is 0 Å². The third-order valence-corrected chi connectivity index (χ3v) is 3.14. The quantitative estimate of drug-likeness (QED) is 0.479. The molecule has 2 amide bonds. The first kappa shape index (κ1) is 18.0. The highest BCUT2D eigenvalue weighted by Crippen LogP contribution is 2.16. The Balaban J connectivity index is 1.91. The van der Waals surface area contributed by atoms with Gasteiger partial charge in [0.05, 0.1) is 19.9 Å². The van der Waals surface area contributed by atoms with Gasteiger partial charge in [-0.2, -0.15) is 5.10 Å². The zero-order valence-electron chi connectivity index (χ0n) is 14.0. The van der Waals surface area contributed by atoms with Gasteiger partial charge in [0.2, 0.25) is 0 Å². The van der Waals surface area contributed by atoms with E-state index in [1.807, 2.05) is 19.1 Å². The maximum Gasteiger partial charge on any atom is 0.329 e. The van der Waals surface area contributed by atoms with E-state index in [4.69, 9.17) is 9.47 Å². The van der Waals surface area contributed by atoms with Gasteiger partial charge < -0.3 is 14.8 Å². The topological polar surface area (TPSA) is 89.0 Å². The second kappa shape index (κ2) is 9.07. The molecule has 2 N–H and O–H groups in total. The molecule has 0 atom stereocenters. The van der Waals surface area contributed by atoms with Gasteiger partial charge in [-0.15, -0.1) is 0 Å². The molecule has 0 saturated heterocycles. The number of methoxy groups -OCH3 is 1. The van der Waals surface area contributed by atoms with Crippen molar-refractivity contribution in [2.75, 3.05) is 19.0 Å². The minimum absolute atomic E-state index is 0.478. The van der Waals surface area contributed by atoms with Crippen LogP contribution in [0.2, 0.25) is 0 Å². The average Bonchev–Trinajstić information content (AvgIpc) is 2.64. The number of amides is 2. The van der Waals surface area contributed by atoms with E-state index < -0.39 is 11.8 Å². The Hall–Kier alpha value is -3.35. The molecule has 0 spiro atoms. The molecule has 0 fully saturated rings. The summed E-state index contributed by atoms with van der Waals surface area (Å²) in [7, 11) is 1.54. The van der Waals surface area contributed by atoms with E-state index in [1.54, 1.807) is 43.5 Å². The van der Waals surface area contributed by atoms with Crippen molar-refractivity contribution in [3.63, 3.8) is 0 Å². The van der Waals surface area contributed by atoms with E-state index in [1.165, 1.54) is 6.21 Å². The van der Waals surface area contributed by atoms with Crippen LogP contribution in [0, 0.1) is 0 Å². The molecule has 7 nitrogen and oxygen atoms in total. The summed E-state index contributed by atoms with van der Waals surface area (Å²) < 4.78 is 10.5. The summed E-state index contributed by atoms with van der Waals surface area (Å²) in [5.74, 6) is -0.396. The number of benzene rings is 2. The highest BCUT2D eigenvalue weighted by Gasteiger charge is 2.12. The average molecular weight is 341 g/mol. The lowest BCUT2D eigenvalue weighted by Crippen LogP contribution is -2.32. The molecular weight excluding hydrogens is 322 g/mol. The van der Waals surface area contributed by atoms with Gasteiger partial charge in [0.25, 0.3) is 0 Å². The number of carbonyl (C=O) groups excluding carboxylic acids is 2. The Kier molecular flexibility index (Phi) is 6.53. The summed E-state index contributed by atoms with van der Waals surface area (Å²) in [6.07, 6.45) is 1.42. The first-order chi connectivity index (χ1) is 12.1. The van der Waals surface area contributed by atoms with Gasteiger partial charge in [-0.05, 0) is 43.3 Å². The van der Waals surface area contributed by atoms with E-state index in [9.17, 15) is 9.59 Å². The molecular formula is C18H19N3O4. The highest BCUT2D eigenvalue weighted by molar-refractivity contribution is 6.39. The van der Waals surface area contributed by atoms with Crippen molar-refractivity contribution in [3.8, 4) is 11.5 Å². The number of para-hydroxylation sites is 1. The van der Waals surface area contributed by atoms with Crippen molar-refractivity contribution >= 4 is 23.7 Å². The number of hydrogen-bond donors (Lipinski definition) is 2. The maximum atomic E-state index is 11.8. The zero-order valence-corrected chi connectivity index (χ0v) is 14.0. The zero-order chi connectivity index (χ0) is 18.1. The molecule has 0 aromatic heterocycles. The lowest BCUT2D eigenvalue weighted by atomic mass is 10.2. The van der Waals surface area contributed by atoms with E-state index >= 15 is 0 Å². The van der Waals surface area contributed by atoms with E-state index in [0.717, 1.165) is 0 Å². The van der Waals surface area contributed by atoms with Crippen molar-refractivity contribution < 1.29 is 19.1 Å². The van der Waals surface area contributed by atoms with Crippen LogP contribution >= 0.6 is 0 Å². The number of hydrogen-bond acceptors (Lipinski definition) is 5. The fraction of sp³-hybridized carbons (Fsp3) is 0.167. The first-order valence-corrected chi connectivity index (χ1v) is 7.64. The SMILES string of the molecule is CCOc1ccccc1/C=N\NC(=O)C(=O)Nc1ccc(OC)cc1. The molecule has 0 bridgehead atoms. The lowest BCUT2D eigenvalue weighted by Gasteiger charge is -2.06. The minimum atomic E-state index is -0.874. The summed E-state index contributed by atoms with van der Waals surface area (Å²) in [6.45, 7) is 2.39. The lowest BCUT2D eigenvalue weighted by molar-refractivity contribution is -0.136. The predicted molar refractivity (Wildman–Crippen MR) is 95.0 cm³/mol. The fourth-order valence-corrected chi connectivity index (χ4v) is 1.95. The van der Waals surface area contributed by atoms with Crippen molar-refractivity contribution in [2.45, 2.75) is 6.92 Å². The number of carbonyl (C=O) groups is 2. The van der Waals surface area contributed by atoms with Gasteiger partial charge in [0, 0.05) is 11.3 Å². The monoisotopic (exact) mass is 341 g/mol. The van der Waals surface area contributed by atoms with Gasteiger partial charge >= 0.3 is 11.8 Å². The van der Waals surface area contributed by atoms with Crippen LogP contribution < -0.4 is 20.2 Å². The summed E-state index contributed by atoms with van der Waals surface area (Å²) >= 11 is 0. The molecule has 2 aromatic rings. The van der Waals surface area contributed by atoms with Crippen LogP contribution in [0.4, 0.5) is 5.69 Å². The highest BCUT2D eigenvalue weighted by atomic mass is 16.5. The largest absolute Gasteiger partial charge is 0.497 e. The molecule has 0 aliphatic carbocycles. The fourth-order valence-electron chi connectivity index (χ4n) is 1.95. The van der Waals surface area contributed by atoms with E-state index in [-0.39, 0.29) is 0 Å². The molecule has 130 valence electrons. The number of anilines is 1. The van der Waals surface area contributed by atoms with Crippen LogP contribution in [0.1, 0.15) is 12.5 Å².